The summed E-state index contributed by atoms with van der Waals surface area (Å²) in [7, 11) is 0. The van der Waals surface area contributed by atoms with Crippen LogP contribution in [0.15, 0.2) is 18.3 Å². The fraction of sp³-hybridized carbons (Fsp3) is 0.545. The van der Waals surface area contributed by atoms with Crippen LogP contribution < -0.4 is 4.90 Å². The molecule has 3 nitrogen and oxygen atoms in total. The first-order valence-corrected chi connectivity index (χ1v) is 5.45. The number of halogens is 3. The van der Waals surface area contributed by atoms with Gasteiger partial charge in [0.1, 0.15) is 5.82 Å². The van der Waals surface area contributed by atoms with Crippen LogP contribution in [0.1, 0.15) is 24.5 Å². The Balaban J connectivity index is 2.33. The van der Waals surface area contributed by atoms with Crippen molar-refractivity contribution in [3.8, 4) is 0 Å². The summed E-state index contributed by atoms with van der Waals surface area (Å²) >= 11 is 0. The van der Waals surface area contributed by atoms with E-state index in [2.05, 4.69) is 4.98 Å². The van der Waals surface area contributed by atoms with Gasteiger partial charge in [-0.2, -0.15) is 13.2 Å². The van der Waals surface area contributed by atoms with Crippen molar-refractivity contribution < 1.29 is 18.3 Å². The van der Waals surface area contributed by atoms with Gasteiger partial charge in [0, 0.05) is 24.8 Å². The van der Waals surface area contributed by atoms with Gasteiger partial charge in [-0.1, -0.05) is 6.07 Å². The Bertz CT molecular complexity index is 389. The standard InChI is InChI=1S/C11H13F3N2O/c12-11(13,14)9(17)8-4-3-5-15-10(8)16-6-1-2-7-16/h3-5,9,17H,1-2,6-7H2/t9-/m1/s1. The lowest BCUT2D eigenvalue weighted by atomic mass is 10.1. The molecule has 17 heavy (non-hydrogen) atoms. The SMILES string of the molecule is O[C@H](c1cccnc1N1CCCC1)C(F)(F)F. The van der Waals surface area contributed by atoms with Crippen LogP contribution >= 0.6 is 0 Å². The molecule has 2 heterocycles. The Morgan fingerprint density at radius 3 is 2.53 bits per heavy atom. The molecule has 1 fully saturated rings. The second-order valence-corrected chi connectivity index (χ2v) is 4.05. The smallest absolute Gasteiger partial charge is 0.379 e. The number of rotatable bonds is 2. The second-order valence-electron chi connectivity index (χ2n) is 4.05. The topological polar surface area (TPSA) is 36.4 Å². The number of alkyl halides is 3. The third kappa shape index (κ3) is 2.52. The van der Waals surface area contributed by atoms with Gasteiger partial charge >= 0.3 is 6.18 Å². The Hall–Kier alpha value is -1.30. The van der Waals surface area contributed by atoms with Crippen molar-refractivity contribution in [3.63, 3.8) is 0 Å². The number of aromatic nitrogens is 1. The summed E-state index contributed by atoms with van der Waals surface area (Å²) < 4.78 is 37.5. The maximum Gasteiger partial charge on any atom is 0.418 e. The molecule has 1 aliphatic rings. The van der Waals surface area contributed by atoms with Crippen molar-refractivity contribution in [2.75, 3.05) is 18.0 Å². The molecule has 0 saturated carbocycles. The number of hydrogen-bond acceptors (Lipinski definition) is 3. The van der Waals surface area contributed by atoms with Gasteiger partial charge in [0.2, 0.25) is 0 Å². The molecule has 0 unspecified atom stereocenters. The summed E-state index contributed by atoms with van der Waals surface area (Å²) in [6.45, 7) is 1.38. The van der Waals surface area contributed by atoms with Gasteiger partial charge in [-0.05, 0) is 18.9 Å². The quantitative estimate of drug-likeness (QED) is 0.869. The average Bonchev–Trinajstić information content (AvgIpc) is 2.80. The van der Waals surface area contributed by atoms with Crippen LogP contribution in [0.2, 0.25) is 0 Å². The van der Waals surface area contributed by atoms with Crippen molar-refractivity contribution in [2.45, 2.75) is 25.1 Å². The van der Waals surface area contributed by atoms with Gasteiger partial charge in [-0.15, -0.1) is 0 Å². The maximum absolute atomic E-state index is 12.5. The van der Waals surface area contributed by atoms with Crippen LogP contribution in [-0.4, -0.2) is 29.4 Å². The summed E-state index contributed by atoms with van der Waals surface area (Å²) in [5.74, 6) is 0.245. The lowest BCUT2D eigenvalue weighted by molar-refractivity contribution is -0.206. The zero-order chi connectivity index (χ0) is 12.5. The Labute approximate surface area is 96.9 Å². The van der Waals surface area contributed by atoms with Crippen molar-refractivity contribution >= 4 is 5.82 Å². The van der Waals surface area contributed by atoms with Crippen LogP contribution in [0.25, 0.3) is 0 Å². The number of aliphatic hydroxyl groups excluding tert-OH is 1. The molecule has 1 atom stereocenters. The monoisotopic (exact) mass is 246 g/mol. The minimum Gasteiger partial charge on any atom is -0.379 e. The van der Waals surface area contributed by atoms with Gasteiger partial charge in [-0.25, -0.2) is 4.98 Å². The molecule has 1 aromatic heterocycles. The van der Waals surface area contributed by atoms with E-state index in [1.54, 1.807) is 4.90 Å². The number of hydrogen-bond donors (Lipinski definition) is 1. The fourth-order valence-electron chi connectivity index (χ4n) is 1.99. The second kappa shape index (κ2) is 4.52. The first kappa shape index (κ1) is 12.2. The van der Waals surface area contributed by atoms with Gasteiger partial charge in [-0.3, -0.25) is 0 Å². The van der Waals surface area contributed by atoms with E-state index in [4.69, 9.17) is 0 Å². The Morgan fingerprint density at radius 1 is 1.29 bits per heavy atom. The summed E-state index contributed by atoms with van der Waals surface area (Å²) in [5, 5.41) is 9.31. The van der Waals surface area contributed by atoms with Crippen LogP contribution in [0, 0.1) is 0 Å². The van der Waals surface area contributed by atoms with E-state index in [1.165, 1.54) is 18.3 Å². The highest BCUT2D eigenvalue weighted by molar-refractivity contribution is 5.49. The van der Waals surface area contributed by atoms with E-state index in [-0.39, 0.29) is 11.4 Å². The first-order chi connectivity index (χ1) is 8.00. The van der Waals surface area contributed by atoms with Crippen molar-refractivity contribution in [1.29, 1.82) is 0 Å². The minimum absolute atomic E-state index is 0.165. The molecule has 0 radical (unpaired) electrons. The van der Waals surface area contributed by atoms with Crippen LogP contribution in [0.5, 0.6) is 0 Å². The summed E-state index contributed by atoms with van der Waals surface area (Å²) in [6.07, 6.45) is -3.79. The van der Waals surface area contributed by atoms with Crippen molar-refractivity contribution in [2.24, 2.45) is 0 Å². The average molecular weight is 246 g/mol. The van der Waals surface area contributed by atoms with Crippen LogP contribution in [0.4, 0.5) is 19.0 Å². The van der Waals surface area contributed by atoms with E-state index < -0.39 is 12.3 Å². The molecule has 6 heteroatoms. The van der Waals surface area contributed by atoms with E-state index >= 15 is 0 Å². The fourth-order valence-corrected chi connectivity index (χ4v) is 1.99. The Kier molecular flexibility index (Phi) is 3.24. The lowest BCUT2D eigenvalue weighted by Crippen LogP contribution is -2.26. The number of aliphatic hydroxyl groups is 1. The summed E-state index contributed by atoms with van der Waals surface area (Å²) in [6, 6.07) is 2.68. The van der Waals surface area contributed by atoms with E-state index in [1.807, 2.05) is 0 Å². The van der Waals surface area contributed by atoms with E-state index in [0.29, 0.717) is 13.1 Å². The van der Waals surface area contributed by atoms with Gasteiger partial charge in [0.15, 0.2) is 6.10 Å². The van der Waals surface area contributed by atoms with Crippen molar-refractivity contribution in [3.05, 3.63) is 23.9 Å². The molecule has 1 aromatic rings. The highest BCUT2D eigenvalue weighted by atomic mass is 19.4. The molecule has 0 bridgehead atoms. The predicted octanol–water partition coefficient (Wildman–Crippen LogP) is 2.28. The molecule has 94 valence electrons. The first-order valence-electron chi connectivity index (χ1n) is 5.45. The summed E-state index contributed by atoms with van der Waals surface area (Å²) in [5.41, 5.74) is -0.165. The van der Waals surface area contributed by atoms with Crippen LogP contribution in [0.3, 0.4) is 0 Å². The number of nitrogens with zero attached hydrogens (tertiary/aromatic N) is 2. The Morgan fingerprint density at radius 2 is 1.94 bits per heavy atom. The number of anilines is 1. The largest absolute Gasteiger partial charge is 0.418 e. The molecule has 0 aliphatic carbocycles. The minimum atomic E-state index is -4.66. The normalized spacial score (nSPS) is 18.5. The van der Waals surface area contributed by atoms with Crippen molar-refractivity contribution in [1.82, 2.24) is 4.98 Å². The van der Waals surface area contributed by atoms with E-state index in [9.17, 15) is 18.3 Å². The molecule has 2 rings (SSSR count). The molecule has 0 amide bonds. The van der Waals surface area contributed by atoms with Crippen LogP contribution in [-0.2, 0) is 0 Å². The summed E-state index contributed by atoms with van der Waals surface area (Å²) in [4.78, 5) is 5.74. The molecular formula is C11H13F3N2O. The highest BCUT2D eigenvalue weighted by Crippen LogP contribution is 2.36. The third-order valence-corrected chi connectivity index (χ3v) is 2.83. The molecule has 1 aliphatic heterocycles. The van der Waals surface area contributed by atoms with Gasteiger partial charge in [0.05, 0.1) is 0 Å². The molecule has 1 saturated heterocycles. The zero-order valence-corrected chi connectivity index (χ0v) is 9.11. The zero-order valence-electron chi connectivity index (χ0n) is 9.11. The van der Waals surface area contributed by atoms with Gasteiger partial charge < -0.3 is 10.0 Å². The molecule has 0 aromatic carbocycles. The number of pyridine rings is 1. The van der Waals surface area contributed by atoms with Gasteiger partial charge in [0.25, 0.3) is 0 Å². The molecule has 0 spiro atoms. The lowest BCUT2D eigenvalue weighted by Gasteiger charge is -2.23. The maximum atomic E-state index is 12.5. The third-order valence-electron chi connectivity index (χ3n) is 2.83. The highest BCUT2D eigenvalue weighted by Gasteiger charge is 2.41. The predicted molar refractivity (Wildman–Crippen MR) is 56.7 cm³/mol. The molecule has 1 N–H and O–H groups in total. The van der Waals surface area contributed by atoms with E-state index in [0.717, 1.165) is 12.8 Å². The molecular weight excluding hydrogens is 233 g/mol.